The molecular formula is C11H10N6OS. The molecule has 0 unspecified atom stereocenters. The number of nitrogens with zero attached hydrogens (tertiary/aromatic N) is 5. The third kappa shape index (κ3) is 2.29. The molecule has 0 fully saturated rings. The van der Waals surface area contributed by atoms with Gasteiger partial charge in [0.25, 0.3) is 0 Å². The molecule has 0 saturated carbocycles. The molecule has 3 rings (SSSR count). The number of aryl methyl sites for hydroxylation is 1. The van der Waals surface area contributed by atoms with Gasteiger partial charge in [-0.2, -0.15) is 10.1 Å². The zero-order valence-corrected chi connectivity index (χ0v) is 10.9. The number of H-pyrrole nitrogens is 1. The van der Waals surface area contributed by atoms with E-state index in [1.165, 1.54) is 0 Å². The molecule has 3 heterocycles. The maximum atomic E-state index is 5.21. The predicted molar refractivity (Wildman–Crippen MR) is 68.8 cm³/mol. The lowest BCUT2D eigenvalue weighted by Crippen LogP contribution is -2.03. The number of aromatic amines is 1. The van der Waals surface area contributed by atoms with Crippen LogP contribution in [0.2, 0.25) is 0 Å². The van der Waals surface area contributed by atoms with Crippen molar-refractivity contribution in [3.63, 3.8) is 0 Å². The van der Waals surface area contributed by atoms with Crippen LogP contribution in [-0.4, -0.2) is 29.9 Å². The number of hydrogen-bond donors (Lipinski definition) is 1. The van der Waals surface area contributed by atoms with Crippen LogP contribution in [0.15, 0.2) is 29.0 Å². The van der Waals surface area contributed by atoms with E-state index < -0.39 is 0 Å². The summed E-state index contributed by atoms with van der Waals surface area (Å²) in [7, 11) is 0. The molecule has 0 bridgehead atoms. The normalized spacial score (nSPS) is 10.8. The summed E-state index contributed by atoms with van der Waals surface area (Å²) in [5, 5.41) is 10.7. The molecule has 0 spiro atoms. The van der Waals surface area contributed by atoms with Crippen LogP contribution < -0.4 is 0 Å². The Kier molecular flexibility index (Phi) is 2.92. The van der Waals surface area contributed by atoms with E-state index in [2.05, 4.69) is 25.3 Å². The van der Waals surface area contributed by atoms with Gasteiger partial charge in [0, 0.05) is 18.0 Å². The molecule has 3 aromatic rings. The van der Waals surface area contributed by atoms with E-state index in [1.807, 2.05) is 12.1 Å². The third-order valence-corrected chi connectivity index (χ3v) is 2.85. The maximum absolute atomic E-state index is 5.21. The van der Waals surface area contributed by atoms with Gasteiger partial charge in [-0.15, -0.1) is 0 Å². The molecule has 0 atom stereocenters. The lowest BCUT2D eigenvalue weighted by atomic mass is 10.3. The largest absolute Gasteiger partial charge is 0.337 e. The Morgan fingerprint density at radius 3 is 3.05 bits per heavy atom. The van der Waals surface area contributed by atoms with Gasteiger partial charge in [0.05, 0.1) is 0 Å². The highest BCUT2D eigenvalue weighted by atomic mass is 32.1. The van der Waals surface area contributed by atoms with E-state index in [-0.39, 0.29) is 0 Å². The molecule has 7 nitrogen and oxygen atoms in total. The second-order valence-electron chi connectivity index (χ2n) is 3.92. The summed E-state index contributed by atoms with van der Waals surface area (Å²) in [5.74, 6) is 1.77. The molecule has 0 radical (unpaired) electrons. The molecule has 19 heavy (non-hydrogen) atoms. The van der Waals surface area contributed by atoms with Crippen molar-refractivity contribution >= 4 is 12.2 Å². The van der Waals surface area contributed by atoms with Crippen molar-refractivity contribution in [2.45, 2.75) is 13.5 Å². The summed E-state index contributed by atoms with van der Waals surface area (Å²) in [6, 6.07) is 3.75. The van der Waals surface area contributed by atoms with Crippen LogP contribution in [-0.2, 0) is 6.54 Å². The molecule has 0 aliphatic rings. The van der Waals surface area contributed by atoms with E-state index in [0.717, 1.165) is 5.56 Å². The SMILES string of the molecule is Cc1noc(Cn2c(-c3cccnc3)n[nH]c2=S)n1. The molecule has 96 valence electrons. The average molecular weight is 274 g/mol. The van der Waals surface area contributed by atoms with Gasteiger partial charge < -0.3 is 4.52 Å². The van der Waals surface area contributed by atoms with Crippen molar-refractivity contribution in [3.8, 4) is 11.4 Å². The summed E-state index contributed by atoms with van der Waals surface area (Å²) >= 11 is 5.21. The summed E-state index contributed by atoms with van der Waals surface area (Å²) in [4.78, 5) is 8.23. The standard InChI is InChI=1S/C11H10N6OS/c1-7-13-9(18-16-7)6-17-10(14-15-11(17)19)8-3-2-4-12-5-8/h2-5H,6H2,1H3,(H,15,19). The number of rotatable bonds is 3. The molecule has 1 N–H and O–H groups in total. The van der Waals surface area contributed by atoms with Crippen LogP contribution >= 0.6 is 12.2 Å². The fourth-order valence-corrected chi connectivity index (χ4v) is 1.92. The molecular weight excluding hydrogens is 264 g/mol. The predicted octanol–water partition coefficient (Wildman–Crippen LogP) is 1.74. The van der Waals surface area contributed by atoms with Crippen LogP contribution in [0.5, 0.6) is 0 Å². The Morgan fingerprint density at radius 2 is 2.37 bits per heavy atom. The fourth-order valence-electron chi connectivity index (χ4n) is 1.72. The van der Waals surface area contributed by atoms with Crippen molar-refractivity contribution in [2.75, 3.05) is 0 Å². The van der Waals surface area contributed by atoms with Crippen LogP contribution in [0.3, 0.4) is 0 Å². The van der Waals surface area contributed by atoms with Crippen molar-refractivity contribution in [3.05, 3.63) is 41.0 Å². The summed E-state index contributed by atoms with van der Waals surface area (Å²) in [6.45, 7) is 2.14. The van der Waals surface area contributed by atoms with Gasteiger partial charge in [0.1, 0.15) is 6.54 Å². The highest BCUT2D eigenvalue weighted by Crippen LogP contribution is 2.16. The Balaban J connectivity index is 2.02. The minimum absolute atomic E-state index is 0.375. The minimum atomic E-state index is 0.375. The summed E-state index contributed by atoms with van der Waals surface area (Å²) in [6.07, 6.45) is 3.43. The highest BCUT2D eigenvalue weighted by Gasteiger charge is 2.12. The molecule has 0 aliphatic carbocycles. The van der Waals surface area contributed by atoms with Gasteiger partial charge in [-0.25, -0.2) is 0 Å². The summed E-state index contributed by atoms with van der Waals surface area (Å²) in [5.41, 5.74) is 0.867. The minimum Gasteiger partial charge on any atom is -0.337 e. The lowest BCUT2D eigenvalue weighted by molar-refractivity contribution is 0.367. The molecule has 8 heteroatoms. The first-order valence-corrected chi connectivity index (χ1v) is 5.99. The summed E-state index contributed by atoms with van der Waals surface area (Å²) < 4.78 is 7.38. The van der Waals surface area contributed by atoms with Crippen LogP contribution in [0.1, 0.15) is 11.7 Å². The topological polar surface area (TPSA) is 85.4 Å². The number of hydrogen-bond acceptors (Lipinski definition) is 6. The first kappa shape index (κ1) is 11.7. The maximum Gasteiger partial charge on any atom is 0.246 e. The zero-order chi connectivity index (χ0) is 13.2. The van der Waals surface area contributed by atoms with Gasteiger partial charge >= 0.3 is 0 Å². The number of nitrogens with one attached hydrogen (secondary N) is 1. The van der Waals surface area contributed by atoms with Gasteiger partial charge in [0.15, 0.2) is 16.4 Å². The third-order valence-electron chi connectivity index (χ3n) is 2.54. The van der Waals surface area contributed by atoms with Crippen LogP contribution in [0, 0.1) is 11.7 Å². The average Bonchev–Trinajstić information content (AvgIpc) is 2.99. The first-order valence-electron chi connectivity index (χ1n) is 5.59. The van der Waals surface area contributed by atoms with E-state index in [9.17, 15) is 0 Å². The first-order chi connectivity index (χ1) is 9.24. The van der Waals surface area contributed by atoms with Crippen molar-refractivity contribution in [2.24, 2.45) is 0 Å². The quantitative estimate of drug-likeness (QED) is 0.732. The van der Waals surface area contributed by atoms with E-state index in [0.29, 0.717) is 28.9 Å². The lowest BCUT2D eigenvalue weighted by Gasteiger charge is -2.02. The second kappa shape index (κ2) is 4.73. The highest BCUT2D eigenvalue weighted by molar-refractivity contribution is 7.71. The molecule has 3 aromatic heterocycles. The fraction of sp³-hybridized carbons (Fsp3) is 0.182. The molecule has 0 saturated heterocycles. The Labute approximate surface area is 113 Å². The number of aromatic nitrogens is 6. The molecule has 0 aromatic carbocycles. The van der Waals surface area contributed by atoms with E-state index >= 15 is 0 Å². The Hall–Kier alpha value is -2.35. The Morgan fingerprint density at radius 1 is 1.47 bits per heavy atom. The Bertz CT molecular complexity index is 744. The van der Waals surface area contributed by atoms with Crippen molar-refractivity contribution in [1.29, 1.82) is 0 Å². The van der Waals surface area contributed by atoms with E-state index in [1.54, 1.807) is 23.9 Å². The number of pyridine rings is 1. The van der Waals surface area contributed by atoms with Crippen LogP contribution in [0.4, 0.5) is 0 Å². The zero-order valence-electron chi connectivity index (χ0n) is 10.1. The second-order valence-corrected chi connectivity index (χ2v) is 4.30. The van der Waals surface area contributed by atoms with Gasteiger partial charge in [-0.1, -0.05) is 5.16 Å². The van der Waals surface area contributed by atoms with Gasteiger partial charge in [0.2, 0.25) is 5.89 Å². The molecule has 0 aliphatic heterocycles. The van der Waals surface area contributed by atoms with Crippen molar-refractivity contribution in [1.82, 2.24) is 29.9 Å². The van der Waals surface area contributed by atoms with E-state index in [4.69, 9.17) is 16.7 Å². The van der Waals surface area contributed by atoms with Gasteiger partial charge in [-0.05, 0) is 31.3 Å². The smallest absolute Gasteiger partial charge is 0.246 e. The van der Waals surface area contributed by atoms with Gasteiger partial charge in [-0.3, -0.25) is 14.6 Å². The van der Waals surface area contributed by atoms with Crippen LogP contribution in [0.25, 0.3) is 11.4 Å². The monoisotopic (exact) mass is 274 g/mol. The van der Waals surface area contributed by atoms with Crippen molar-refractivity contribution < 1.29 is 4.52 Å². The molecule has 0 amide bonds.